The van der Waals surface area contributed by atoms with Gasteiger partial charge in [-0.15, -0.1) is 0 Å². The first-order valence-corrected chi connectivity index (χ1v) is 16.2. The van der Waals surface area contributed by atoms with Gasteiger partial charge in [-0.2, -0.15) is 13.2 Å². The van der Waals surface area contributed by atoms with E-state index in [0.29, 0.717) is 24.2 Å². The summed E-state index contributed by atoms with van der Waals surface area (Å²) in [5, 5.41) is 2.22. The Kier molecular flexibility index (Phi) is 7.75. The quantitative estimate of drug-likeness (QED) is 0.128. The number of benzene rings is 2. The molecule has 4 aliphatic heterocycles. The van der Waals surface area contributed by atoms with Crippen LogP contribution < -0.4 is 10.1 Å². The lowest BCUT2D eigenvalue weighted by atomic mass is 9.94. The molecule has 258 valence electrons. The normalized spacial score (nSPS) is 19.1. The number of morpholine rings is 1. The van der Waals surface area contributed by atoms with Crippen molar-refractivity contribution in [1.29, 1.82) is 0 Å². The van der Waals surface area contributed by atoms with E-state index in [2.05, 4.69) is 15.2 Å². The number of rotatable bonds is 6. The van der Waals surface area contributed by atoms with Crippen LogP contribution in [0.1, 0.15) is 40.0 Å². The fourth-order valence-corrected chi connectivity index (χ4v) is 7.33. The Morgan fingerprint density at radius 2 is 1.92 bits per heavy atom. The number of nitrogens with one attached hydrogen (secondary N) is 1. The van der Waals surface area contributed by atoms with Gasteiger partial charge in [-0.3, -0.25) is 14.5 Å². The number of carbonyl (C=O) groups is 2. The van der Waals surface area contributed by atoms with Gasteiger partial charge in [-0.05, 0) is 48.7 Å². The molecule has 2 unspecified atom stereocenters. The third-order valence-corrected chi connectivity index (χ3v) is 9.73. The molecule has 1 amide bonds. The molecule has 2 aromatic carbocycles. The van der Waals surface area contributed by atoms with E-state index in [9.17, 15) is 22.8 Å². The molecule has 5 aromatic rings. The molecule has 0 spiro atoms. The van der Waals surface area contributed by atoms with E-state index in [0.717, 1.165) is 37.6 Å². The van der Waals surface area contributed by atoms with Gasteiger partial charge in [0.25, 0.3) is 0 Å². The first-order valence-electron chi connectivity index (χ1n) is 16.2. The van der Waals surface area contributed by atoms with Crippen LogP contribution in [0.25, 0.3) is 27.7 Å². The molecule has 3 fully saturated rings. The van der Waals surface area contributed by atoms with Gasteiger partial charge in [0.1, 0.15) is 22.8 Å². The van der Waals surface area contributed by atoms with E-state index in [-0.39, 0.29) is 64.3 Å². The van der Waals surface area contributed by atoms with Crippen LogP contribution in [-0.2, 0) is 29.2 Å². The molecule has 1 N–H and O–H groups in total. The first kappa shape index (κ1) is 32.1. The molecule has 50 heavy (non-hydrogen) atoms. The standard InChI is InChI=1S/C36H30F5N5O4/c1-44-18-42-32-27(44)15-24(36(39,40)41)30-23-4-2-10-46-28(14-19(33(23)46)8-11-49-35(30)32)34(48)20-12-25(37)31(26(38)13-20)43-29(47)5-3-9-45-16-22-7-6-21(45)17-50-22/h2-5,10,12-15,18,21-22H,6-9,11,16-17H2,1H3,(H,43,47)/b5-3+. The number of carbonyl (C=O) groups excluding carboxylic acids is 2. The molecule has 3 saturated heterocycles. The molecule has 0 saturated carbocycles. The average molecular weight is 692 g/mol. The maximum absolute atomic E-state index is 15.3. The number of alkyl halides is 3. The molecule has 4 aliphatic rings. The van der Waals surface area contributed by atoms with Crippen LogP contribution in [0, 0.1) is 11.6 Å². The van der Waals surface area contributed by atoms with Crippen molar-refractivity contribution < 1.29 is 41.0 Å². The van der Waals surface area contributed by atoms with E-state index >= 15 is 8.78 Å². The number of halogens is 5. The van der Waals surface area contributed by atoms with Gasteiger partial charge in [-0.25, -0.2) is 13.8 Å². The molecule has 2 atom stereocenters. The number of ether oxygens (including phenoxy) is 2. The highest BCUT2D eigenvalue weighted by atomic mass is 19.4. The highest BCUT2D eigenvalue weighted by Crippen LogP contribution is 2.48. The summed E-state index contributed by atoms with van der Waals surface area (Å²) in [5.74, 6) is -3.83. The lowest BCUT2D eigenvalue weighted by Gasteiger charge is -2.44. The summed E-state index contributed by atoms with van der Waals surface area (Å²) >= 11 is 0. The van der Waals surface area contributed by atoms with Crippen LogP contribution in [0.5, 0.6) is 5.75 Å². The van der Waals surface area contributed by atoms with Gasteiger partial charge in [-0.1, -0.05) is 12.1 Å². The summed E-state index contributed by atoms with van der Waals surface area (Å²) < 4.78 is 88.9. The van der Waals surface area contributed by atoms with Gasteiger partial charge in [0.15, 0.2) is 5.75 Å². The largest absolute Gasteiger partial charge is 0.490 e. The smallest absolute Gasteiger partial charge is 0.417 e. The Hall–Kier alpha value is -5.08. The summed E-state index contributed by atoms with van der Waals surface area (Å²) in [7, 11) is 1.59. The molecule has 7 heterocycles. The minimum absolute atomic E-state index is 0.0110. The summed E-state index contributed by atoms with van der Waals surface area (Å²) in [5.41, 5.74) is -0.665. The fourth-order valence-electron chi connectivity index (χ4n) is 7.33. The van der Waals surface area contributed by atoms with Crippen molar-refractivity contribution >= 4 is 33.9 Å². The predicted octanol–water partition coefficient (Wildman–Crippen LogP) is 6.31. The second-order valence-electron chi connectivity index (χ2n) is 12.8. The van der Waals surface area contributed by atoms with Crippen LogP contribution in [0.4, 0.5) is 27.6 Å². The summed E-state index contributed by atoms with van der Waals surface area (Å²) in [6.07, 6.45) is 3.44. The molecule has 14 heteroatoms. The van der Waals surface area contributed by atoms with Crippen molar-refractivity contribution in [3.8, 4) is 16.9 Å². The van der Waals surface area contributed by atoms with E-state index in [1.54, 1.807) is 13.1 Å². The number of pyridine rings is 1. The van der Waals surface area contributed by atoms with Crippen molar-refractivity contribution in [3.05, 3.63) is 95.1 Å². The Morgan fingerprint density at radius 3 is 2.62 bits per heavy atom. The number of hydrogen-bond acceptors (Lipinski definition) is 6. The number of imidazole rings is 1. The van der Waals surface area contributed by atoms with Crippen LogP contribution in [0.2, 0.25) is 0 Å². The Bertz CT molecular complexity index is 2210. The zero-order valence-corrected chi connectivity index (χ0v) is 26.7. The third-order valence-electron chi connectivity index (χ3n) is 9.73. The molecule has 9 rings (SSSR count). The zero-order chi connectivity index (χ0) is 34.9. The van der Waals surface area contributed by atoms with Crippen LogP contribution in [-0.4, -0.2) is 69.0 Å². The van der Waals surface area contributed by atoms with Crippen molar-refractivity contribution in [3.63, 3.8) is 0 Å². The Balaban J connectivity index is 1.11. The molecule has 0 aliphatic carbocycles. The molecular formula is C36H30F5N5O4. The second kappa shape index (κ2) is 12.1. The number of nitrogens with zero attached hydrogens (tertiary/aromatic N) is 4. The van der Waals surface area contributed by atoms with E-state index in [1.165, 1.54) is 45.8 Å². The predicted molar refractivity (Wildman–Crippen MR) is 173 cm³/mol. The Morgan fingerprint density at radius 1 is 1.12 bits per heavy atom. The highest BCUT2D eigenvalue weighted by molar-refractivity contribution is 6.10. The molecule has 2 bridgehead atoms. The fraction of sp³-hybridized carbons (Fsp3) is 0.306. The average Bonchev–Trinajstić information content (AvgIpc) is 3.65. The minimum Gasteiger partial charge on any atom is -0.490 e. The monoisotopic (exact) mass is 691 g/mol. The van der Waals surface area contributed by atoms with Crippen LogP contribution in [0.3, 0.4) is 0 Å². The number of aromatic nitrogens is 3. The lowest BCUT2D eigenvalue weighted by molar-refractivity contribution is -0.137. The first-order chi connectivity index (χ1) is 24.0. The number of piperidine rings is 1. The van der Waals surface area contributed by atoms with E-state index in [4.69, 9.17) is 9.47 Å². The third kappa shape index (κ3) is 5.42. The molecule has 9 nitrogen and oxygen atoms in total. The number of fused-ring (bicyclic) bond motifs is 7. The molecule has 0 radical (unpaired) electrons. The number of anilines is 1. The maximum Gasteiger partial charge on any atom is 0.417 e. The zero-order valence-electron chi connectivity index (χ0n) is 26.7. The number of aryl methyl sites for hydroxylation is 1. The minimum atomic E-state index is -4.76. The van der Waals surface area contributed by atoms with Gasteiger partial charge in [0, 0.05) is 61.6 Å². The number of hydrogen-bond donors (Lipinski definition) is 1. The molecular weight excluding hydrogens is 661 g/mol. The van der Waals surface area contributed by atoms with Gasteiger partial charge in [0.2, 0.25) is 11.7 Å². The van der Waals surface area contributed by atoms with Crippen molar-refractivity contribution in [2.45, 2.75) is 37.6 Å². The number of amides is 1. The van der Waals surface area contributed by atoms with Crippen LogP contribution in [0.15, 0.2) is 61.1 Å². The summed E-state index contributed by atoms with van der Waals surface area (Å²) in [4.78, 5) is 32.9. The van der Waals surface area contributed by atoms with Gasteiger partial charge in [0.05, 0.1) is 47.9 Å². The summed E-state index contributed by atoms with van der Waals surface area (Å²) in [6.45, 7) is 1.89. The van der Waals surface area contributed by atoms with Crippen molar-refractivity contribution in [1.82, 2.24) is 18.9 Å². The topological polar surface area (TPSA) is 90.1 Å². The lowest BCUT2D eigenvalue weighted by Crippen LogP contribution is -2.54. The summed E-state index contributed by atoms with van der Waals surface area (Å²) in [6, 6.07) is 7.47. The van der Waals surface area contributed by atoms with Crippen LogP contribution >= 0.6 is 0 Å². The Labute approximate surface area is 281 Å². The van der Waals surface area contributed by atoms with E-state index < -0.39 is 40.8 Å². The second-order valence-corrected chi connectivity index (χ2v) is 12.8. The van der Waals surface area contributed by atoms with Gasteiger partial charge < -0.3 is 23.8 Å². The molecule has 3 aromatic heterocycles. The maximum atomic E-state index is 15.3. The SMILES string of the molecule is Cn1cnc2c3c(c(C(F)(F)F)cc21)-c1cccn2c(C(=O)c4cc(F)c(NC(=O)/C=C/CN5CC6CCC5CO6)c(F)c4)cc(c12)CCO3. The van der Waals surface area contributed by atoms with Crippen molar-refractivity contribution in [2.75, 3.05) is 31.6 Å². The number of ketones is 1. The van der Waals surface area contributed by atoms with E-state index in [1.807, 2.05) is 0 Å². The van der Waals surface area contributed by atoms with Gasteiger partial charge >= 0.3 is 6.18 Å². The van der Waals surface area contributed by atoms with Crippen molar-refractivity contribution in [2.24, 2.45) is 7.05 Å². The highest BCUT2D eigenvalue weighted by Gasteiger charge is 2.39.